The van der Waals surface area contributed by atoms with E-state index in [0.717, 1.165) is 24.6 Å². The highest BCUT2D eigenvalue weighted by molar-refractivity contribution is 6.00. The van der Waals surface area contributed by atoms with Crippen LogP contribution in [0, 0.1) is 5.92 Å². The molecule has 0 spiro atoms. The van der Waals surface area contributed by atoms with Gasteiger partial charge in [-0.3, -0.25) is 4.99 Å². The highest BCUT2D eigenvalue weighted by atomic mass is 16.3. The van der Waals surface area contributed by atoms with Crippen molar-refractivity contribution in [3.05, 3.63) is 24.3 Å². The Kier molecular flexibility index (Phi) is 2.62. The second-order valence-corrected chi connectivity index (χ2v) is 4.06. The van der Waals surface area contributed by atoms with E-state index in [1.807, 2.05) is 12.1 Å². The minimum atomic E-state index is 0.306. The van der Waals surface area contributed by atoms with Gasteiger partial charge in [0.2, 0.25) is 0 Å². The largest absolute Gasteiger partial charge is 0.508 e. The predicted molar refractivity (Wildman–Crippen MR) is 62.6 cm³/mol. The van der Waals surface area contributed by atoms with Crippen LogP contribution in [-0.2, 0) is 0 Å². The zero-order chi connectivity index (χ0) is 10.8. The van der Waals surface area contributed by atoms with Gasteiger partial charge in [-0.15, -0.1) is 0 Å². The third kappa shape index (κ3) is 1.96. The minimum Gasteiger partial charge on any atom is -0.508 e. The normalized spacial score (nSPS) is 15.9. The zero-order valence-corrected chi connectivity index (χ0v) is 9.14. The number of amidine groups is 1. The van der Waals surface area contributed by atoms with Crippen LogP contribution in [0.3, 0.4) is 0 Å². The van der Waals surface area contributed by atoms with Gasteiger partial charge in [0.1, 0.15) is 11.6 Å². The van der Waals surface area contributed by atoms with Crippen molar-refractivity contribution in [2.45, 2.75) is 13.8 Å². The summed E-state index contributed by atoms with van der Waals surface area (Å²) in [6.45, 7) is 6.11. The molecule has 15 heavy (non-hydrogen) atoms. The fourth-order valence-electron chi connectivity index (χ4n) is 1.85. The molecule has 0 atom stereocenters. The third-order valence-electron chi connectivity index (χ3n) is 2.55. The van der Waals surface area contributed by atoms with Crippen LogP contribution >= 0.6 is 0 Å². The molecule has 0 saturated heterocycles. The molecule has 0 radical (unpaired) electrons. The van der Waals surface area contributed by atoms with Gasteiger partial charge in [0.15, 0.2) is 0 Å². The highest BCUT2D eigenvalue weighted by Crippen LogP contribution is 2.22. The van der Waals surface area contributed by atoms with Crippen molar-refractivity contribution in [1.82, 2.24) is 0 Å². The highest BCUT2D eigenvalue weighted by Gasteiger charge is 2.20. The van der Waals surface area contributed by atoms with Crippen LogP contribution in [0.1, 0.15) is 13.8 Å². The molecule has 0 fully saturated rings. The third-order valence-corrected chi connectivity index (χ3v) is 2.55. The minimum absolute atomic E-state index is 0.306. The van der Waals surface area contributed by atoms with Crippen LogP contribution in [0.4, 0.5) is 5.69 Å². The molecular formula is C12H16N2O. The Morgan fingerprint density at radius 2 is 1.93 bits per heavy atom. The standard InChI is InChI=1S/C12H16N2O/c1-9(2)12-13-7-8-14(12)10-3-5-11(15)6-4-10/h3-6,9,15H,7-8H2,1-2H3. The first kappa shape index (κ1) is 10.0. The predicted octanol–water partition coefficient (Wildman–Crippen LogP) is 2.27. The number of nitrogens with zero attached hydrogens (tertiary/aromatic N) is 2. The molecule has 0 unspecified atom stereocenters. The van der Waals surface area contributed by atoms with Gasteiger partial charge >= 0.3 is 0 Å². The van der Waals surface area contributed by atoms with Crippen molar-refractivity contribution < 1.29 is 5.11 Å². The molecule has 1 heterocycles. The lowest BCUT2D eigenvalue weighted by molar-refractivity contribution is 0.475. The number of phenols is 1. The molecule has 1 aromatic rings. The first-order valence-electron chi connectivity index (χ1n) is 5.29. The van der Waals surface area contributed by atoms with E-state index >= 15 is 0 Å². The molecule has 1 N–H and O–H groups in total. The van der Waals surface area contributed by atoms with Gasteiger partial charge in [0.25, 0.3) is 0 Å². The number of aliphatic imine (C=N–C) groups is 1. The van der Waals surface area contributed by atoms with Gasteiger partial charge < -0.3 is 10.0 Å². The molecule has 3 nitrogen and oxygen atoms in total. The first-order chi connectivity index (χ1) is 7.18. The van der Waals surface area contributed by atoms with E-state index in [1.165, 1.54) is 0 Å². The Balaban J connectivity index is 2.24. The smallest absolute Gasteiger partial charge is 0.115 e. The summed E-state index contributed by atoms with van der Waals surface area (Å²) in [5.41, 5.74) is 1.11. The van der Waals surface area contributed by atoms with Crippen molar-refractivity contribution >= 4 is 11.5 Å². The van der Waals surface area contributed by atoms with Crippen LogP contribution in [0.25, 0.3) is 0 Å². The Morgan fingerprint density at radius 1 is 1.27 bits per heavy atom. The van der Waals surface area contributed by atoms with Gasteiger partial charge in [0, 0.05) is 18.2 Å². The molecular weight excluding hydrogens is 188 g/mol. The molecule has 1 aliphatic heterocycles. The monoisotopic (exact) mass is 204 g/mol. The number of aromatic hydroxyl groups is 1. The number of phenolic OH excluding ortho intramolecular Hbond substituents is 1. The lowest BCUT2D eigenvalue weighted by atomic mass is 10.1. The molecule has 1 aliphatic rings. The van der Waals surface area contributed by atoms with E-state index in [4.69, 9.17) is 0 Å². The molecule has 0 aromatic heterocycles. The van der Waals surface area contributed by atoms with E-state index in [9.17, 15) is 5.11 Å². The van der Waals surface area contributed by atoms with Gasteiger partial charge in [-0.05, 0) is 24.3 Å². The molecule has 0 saturated carbocycles. The number of anilines is 1. The summed E-state index contributed by atoms with van der Waals surface area (Å²) in [4.78, 5) is 6.71. The molecule has 2 rings (SSSR count). The fraction of sp³-hybridized carbons (Fsp3) is 0.417. The summed E-state index contributed by atoms with van der Waals surface area (Å²) in [6, 6.07) is 7.29. The summed E-state index contributed by atoms with van der Waals surface area (Å²) >= 11 is 0. The van der Waals surface area contributed by atoms with Crippen LogP contribution in [-0.4, -0.2) is 24.0 Å². The van der Waals surface area contributed by atoms with Gasteiger partial charge in [-0.1, -0.05) is 13.8 Å². The molecule has 1 aromatic carbocycles. The second kappa shape index (κ2) is 3.93. The number of hydrogen-bond donors (Lipinski definition) is 1. The Labute approximate surface area is 90.1 Å². The quantitative estimate of drug-likeness (QED) is 0.802. The van der Waals surface area contributed by atoms with Crippen molar-refractivity contribution in [2.24, 2.45) is 10.9 Å². The van der Waals surface area contributed by atoms with Crippen molar-refractivity contribution in [1.29, 1.82) is 0 Å². The first-order valence-corrected chi connectivity index (χ1v) is 5.29. The summed E-state index contributed by atoms with van der Waals surface area (Å²) in [7, 11) is 0. The Bertz CT molecular complexity index is 368. The SMILES string of the molecule is CC(C)C1=NCCN1c1ccc(O)cc1. The topological polar surface area (TPSA) is 35.8 Å². The average molecular weight is 204 g/mol. The molecule has 0 bridgehead atoms. The maximum Gasteiger partial charge on any atom is 0.115 e. The summed E-state index contributed by atoms with van der Waals surface area (Å²) in [5.74, 6) is 1.89. The lowest BCUT2D eigenvalue weighted by Crippen LogP contribution is -2.30. The van der Waals surface area contributed by atoms with E-state index in [1.54, 1.807) is 12.1 Å². The number of hydrogen-bond acceptors (Lipinski definition) is 3. The van der Waals surface area contributed by atoms with Crippen LogP contribution in [0.15, 0.2) is 29.3 Å². The van der Waals surface area contributed by atoms with E-state index in [2.05, 4.69) is 23.7 Å². The maximum atomic E-state index is 9.23. The summed E-state index contributed by atoms with van der Waals surface area (Å²) < 4.78 is 0. The van der Waals surface area contributed by atoms with E-state index < -0.39 is 0 Å². The lowest BCUT2D eigenvalue weighted by Gasteiger charge is -2.22. The Morgan fingerprint density at radius 3 is 2.53 bits per heavy atom. The molecule has 0 aliphatic carbocycles. The number of rotatable bonds is 2. The van der Waals surface area contributed by atoms with Crippen molar-refractivity contribution in [2.75, 3.05) is 18.0 Å². The van der Waals surface area contributed by atoms with Gasteiger partial charge in [0.05, 0.1) is 6.54 Å². The van der Waals surface area contributed by atoms with Crippen molar-refractivity contribution in [3.8, 4) is 5.75 Å². The summed E-state index contributed by atoms with van der Waals surface area (Å²) in [6.07, 6.45) is 0. The van der Waals surface area contributed by atoms with E-state index in [-0.39, 0.29) is 0 Å². The molecule has 3 heteroatoms. The van der Waals surface area contributed by atoms with Crippen LogP contribution in [0.2, 0.25) is 0 Å². The average Bonchev–Trinajstić information content (AvgIpc) is 2.67. The fourth-order valence-corrected chi connectivity index (χ4v) is 1.85. The number of benzene rings is 1. The van der Waals surface area contributed by atoms with Crippen molar-refractivity contribution in [3.63, 3.8) is 0 Å². The maximum absolute atomic E-state index is 9.23. The second-order valence-electron chi connectivity index (χ2n) is 4.06. The van der Waals surface area contributed by atoms with Crippen LogP contribution < -0.4 is 4.90 Å². The Hall–Kier alpha value is -1.51. The van der Waals surface area contributed by atoms with Gasteiger partial charge in [-0.2, -0.15) is 0 Å². The van der Waals surface area contributed by atoms with Gasteiger partial charge in [-0.25, -0.2) is 0 Å². The molecule has 80 valence electrons. The van der Waals surface area contributed by atoms with E-state index in [0.29, 0.717) is 11.7 Å². The molecule has 0 amide bonds. The zero-order valence-electron chi connectivity index (χ0n) is 9.14. The van der Waals surface area contributed by atoms with Crippen LogP contribution in [0.5, 0.6) is 5.75 Å². The summed E-state index contributed by atoms with van der Waals surface area (Å²) in [5, 5.41) is 9.23.